The monoisotopic (exact) mass is 247 g/mol. The predicted octanol–water partition coefficient (Wildman–Crippen LogP) is 0.925. The van der Waals surface area contributed by atoms with Crippen molar-refractivity contribution in [1.82, 2.24) is 4.90 Å². The van der Waals surface area contributed by atoms with Crippen molar-refractivity contribution in [2.75, 3.05) is 53.7 Å². The van der Waals surface area contributed by atoms with E-state index in [1.807, 2.05) is 0 Å². The molecular weight excluding hydrogens is 222 g/mol. The first-order valence-electron chi connectivity index (χ1n) is 6.10. The molecule has 0 atom stereocenters. The Hall–Kier alpha value is -0.650. The molecule has 17 heavy (non-hydrogen) atoms. The minimum atomic E-state index is -0.163. The SMILES string of the molecule is CCN(CCOCCCOC)CCC(=O)OC. The first kappa shape index (κ1) is 16.4. The van der Waals surface area contributed by atoms with E-state index in [0.29, 0.717) is 13.0 Å². The standard InChI is InChI=1S/C12H25NO4/c1-4-13(7-6-12(14)16-3)8-11-17-10-5-9-15-2/h4-11H2,1-3H3. The molecule has 0 N–H and O–H groups in total. The summed E-state index contributed by atoms with van der Waals surface area (Å²) in [5.74, 6) is -0.163. The summed E-state index contributed by atoms with van der Waals surface area (Å²) in [5.41, 5.74) is 0. The molecular formula is C12H25NO4. The second kappa shape index (κ2) is 11.8. The Balaban J connectivity index is 3.44. The molecule has 0 fully saturated rings. The third-order valence-electron chi connectivity index (χ3n) is 2.50. The molecule has 0 aliphatic carbocycles. The summed E-state index contributed by atoms with van der Waals surface area (Å²) < 4.78 is 15.0. The van der Waals surface area contributed by atoms with Crippen LogP contribution in [0.3, 0.4) is 0 Å². The van der Waals surface area contributed by atoms with E-state index in [2.05, 4.69) is 16.6 Å². The van der Waals surface area contributed by atoms with Gasteiger partial charge in [-0.05, 0) is 13.0 Å². The van der Waals surface area contributed by atoms with Gasteiger partial charge in [0.15, 0.2) is 0 Å². The minimum absolute atomic E-state index is 0.163. The van der Waals surface area contributed by atoms with Gasteiger partial charge in [-0.15, -0.1) is 0 Å². The van der Waals surface area contributed by atoms with Crippen LogP contribution in [0.15, 0.2) is 0 Å². The summed E-state index contributed by atoms with van der Waals surface area (Å²) in [6.07, 6.45) is 1.36. The number of esters is 1. The number of rotatable bonds is 11. The molecule has 0 unspecified atom stereocenters. The summed E-state index contributed by atoms with van der Waals surface area (Å²) in [7, 11) is 3.10. The van der Waals surface area contributed by atoms with E-state index in [1.165, 1.54) is 7.11 Å². The molecule has 0 bridgehead atoms. The van der Waals surface area contributed by atoms with Crippen molar-refractivity contribution in [3.63, 3.8) is 0 Å². The zero-order valence-corrected chi connectivity index (χ0v) is 11.2. The number of likely N-dealkylation sites (N-methyl/N-ethyl adjacent to an activating group) is 1. The maximum absolute atomic E-state index is 11.0. The topological polar surface area (TPSA) is 48.0 Å². The van der Waals surface area contributed by atoms with Crippen LogP contribution in [0.1, 0.15) is 19.8 Å². The second-order valence-corrected chi connectivity index (χ2v) is 3.72. The van der Waals surface area contributed by atoms with Crippen LogP contribution in [0.4, 0.5) is 0 Å². The summed E-state index contributed by atoms with van der Waals surface area (Å²) in [6.45, 7) is 6.71. The highest BCUT2D eigenvalue weighted by Crippen LogP contribution is 1.94. The largest absolute Gasteiger partial charge is 0.469 e. The van der Waals surface area contributed by atoms with E-state index in [9.17, 15) is 4.79 Å². The molecule has 0 spiro atoms. The molecule has 0 rings (SSSR count). The zero-order chi connectivity index (χ0) is 12.9. The van der Waals surface area contributed by atoms with Crippen molar-refractivity contribution < 1.29 is 19.0 Å². The normalized spacial score (nSPS) is 10.8. The van der Waals surface area contributed by atoms with Gasteiger partial charge in [0.25, 0.3) is 0 Å². The first-order valence-corrected chi connectivity index (χ1v) is 6.10. The van der Waals surface area contributed by atoms with Crippen molar-refractivity contribution in [3.05, 3.63) is 0 Å². The molecule has 0 radical (unpaired) electrons. The average Bonchev–Trinajstić information content (AvgIpc) is 2.36. The van der Waals surface area contributed by atoms with Crippen LogP contribution >= 0.6 is 0 Å². The van der Waals surface area contributed by atoms with Gasteiger partial charge in [-0.25, -0.2) is 0 Å². The number of hydrogen-bond acceptors (Lipinski definition) is 5. The van der Waals surface area contributed by atoms with E-state index >= 15 is 0 Å². The molecule has 0 aromatic rings. The Morgan fingerprint density at radius 1 is 1.12 bits per heavy atom. The lowest BCUT2D eigenvalue weighted by molar-refractivity contribution is -0.141. The lowest BCUT2D eigenvalue weighted by Gasteiger charge is -2.19. The lowest BCUT2D eigenvalue weighted by Crippen LogP contribution is -2.30. The van der Waals surface area contributed by atoms with Gasteiger partial charge in [0.1, 0.15) is 0 Å². The van der Waals surface area contributed by atoms with Crippen molar-refractivity contribution in [2.45, 2.75) is 19.8 Å². The number of hydrogen-bond donors (Lipinski definition) is 0. The van der Waals surface area contributed by atoms with Gasteiger partial charge >= 0.3 is 5.97 Å². The van der Waals surface area contributed by atoms with Gasteiger partial charge < -0.3 is 19.1 Å². The van der Waals surface area contributed by atoms with Gasteiger partial charge in [-0.1, -0.05) is 6.92 Å². The summed E-state index contributed by atoms with van der Waals surface area (Å²) >= 11 is 0. The number of methoxy groups -OCH3 is 2. The highest BCUT2D eigenvalue weighted by molar-refractivity contribution is 5.69. The van der Waals surface area contributed by atoms with Crippen molar-refractivity contribution in [1.29, 1.82) is 0 Å². The Labute approximate surface area is 104 Å². The Morgan fingerprint density at radius 3 is 2.47 bits per heavy atom. The summed E-state index contributed by atoms with van der Waals surface area (Å²) in [5, 5.41) is 0. The molecule has 0 amide bonds. The maximum Gasteiger partial charge on any atom is 0.306 e. The van der Waals surface area contributed by atoms with E-state index in [-0.39, 0.29) is 5.97 Å². The van der Waals surface area contributed by atoms with Crippen LogP contribution in [-0.2, 0) is 19.0 Å². The molecule has 0 aromatic heterocycles. The Bertz CT molecular complexity index is 187. The van der Waals surface area contributed by atoms with Gasteiger partial charge in [0.2, 0.25) is 0 Å². The maximum atomic E-state index is 11.0. The highest BCUT2D eigenvalue weighted by atomic mass is 16.5. The van der Waals surface area contributed by atoms with Crippen molar-refractivity contribution >= 4 is 5.97 Å². The van der Waals surface area contributed by atoms with E-state index < -0.39 is 0 Å². The second-order valence-electron chi connectivity index (χ2n) is 3.72. The number of carbonyl (C=O) groups is 1. The van der Waals surface area contributed by atoms with Gasteiger partial charge in [0.05, 0.1) is 20.1 Å². The van der Waals surface area contributed by atoms with Crippen LogP contribution in [-0.4, -0.2) is 64.5 Å². The third-order valence-corrected chi connectivity index (χ3v) is 2.50. The van der Waals surface area contributed by atoms with Gasteiger partial charge in [-0.3, -0.25) is 4.79 Å². The molecule has 5 heteroatoms. The fourth-order valence-electron chi connectivity index (χ4n) is 1.38. The molecule has 0 aliphatic heterocycles. The Morgan fingerprint density at radius 2 is 1.88 bits per heavy atom. The summed E-state index contributed by atoms with van der Waals surface area (Å²) in [4.78, 5) is 13.2. The molecule has 102 valence electrons. The lowest BCUT2D eigenvalue weighted by atomic mass is 10.3. The fraction of sp³-hybridized carbons (Fsp3) is 0.917. The van der Waals surface area contributed by atoms with E-state index in [4.69, 9.17) is 9.47 Å². The minimum Gasteiger partial charge on any atom is -0.469 e. The number of carbonyl (C=O) groups excluding carboxylic acids is 1. The predicted molar refractivity (Wildman–Crippen MR) is 66.1 cm³/mol. The molecule has 0 aromatic carbocycles. The summed E-state index contributed by atoms with van der Waals surface area (Å²) in [6, 6.07) is 0. The number of ether oxygens (including phenoxy) is 3. The fourth-order valence-corrected chi connectivity index (χ4v) is 1.38. The van der Waals surface area contributed by atoms with Crippen LogP contribution in [0.25, 0.3) is 0 Å². The van der Waals surface area contributed by atoms with Crippen molar-refractivity contribution in [2.24, 2.45) is 0 Å². The third kappa shape index (κ3) is 10.2. The van der Waals surface area contributed by atoms with E-state index in [1.54, 1.807) is 7.11 Å². The molecule has 5 nitrogen and oxygen atoms in total. The average molecular weight is 247 g/mol. The van der Waals surface area contributed by atoms with Gasteiger partial charge in [-0.2, -0.15) is 0 Å². The van der Waals surface area contributed by atoms with Crippen LogP contribution < -0.4 is 0 Å². The highest BCUT2D eigenvalue weighted by Gasteiger charge is 2.06. The Kier molecular flexibility index (Phi) is 11.4. The van der Waals surface area contributed by atoms with E-state index in [0.717, 1.165) is 39.3 Å². The zero-order valence-electron chi connectivity index (χ0n) is 11.2. The van der Waals surface area contributed by atoms with Crippen LogP contribution in [0.5, 0.6) is 0 Å². The van der Waals surface area contributed by atoms with Crippen LogP contribution in [0.2, 0.25) is 0 Å². The molecule has 0 saturated heterocycles. The molecule has 0 aliphatic rings. The smallest absolute Gasteiger partial charge is 0.306 e. The molecule has 0 saturated carbocycles. The quantitative estimate of drug-likeness (QED) is 0.401. The van der Waals surface area contributed by atoms with Gasteiger partial charge in [0, 0.05) is 33.4 Å². The number of nitrogens with zero attached hydrogens (tertiary/aromatic N) is 1. The molecule has 0 heterocycles. The van der Waals surface area contributed by atoms with Crippen molar-refractivity contribution in [3.8, 4) is 0 Å². The first-order chi connectivity index (χ1) is 8.24. The van der Waals surface area contributed by atoms with Crippen LogP contribution in [0, 0.1) is 0 Å².